The molecule has 0 saturated heterocycles. The van der Waals surface area contributed by atoms with Gasteiger partial charge in [0.25, 0.3) is 5.91 Å². The van der Waals surface area contributed by atoms with Gasteiger partial charge in [-0.25, -0.2) is 4.79 Å². The Balaban J connectivity index is 2.73. The highest BCUT2D eigenvalue weighted by Gasteiger charge is 2.40. The second-order valence-electron chi connectivity index (χ2n) is 12.9. The number of rotatable bonds is 12. The number of alkyl carbamates (subject to hydrolysis) is 1. The molecule has 2 aromatic carbocycles. The fourth-order valence-electron chi connectivity index (χ4n) is 4.86. The number of aryl methyl sites for hydroxylation is 2. The molecule has 3 amide bonds. The van der Waals surface area contributed by atoms with Gasteiger partial charge >= 0.3 is 6.09 Å². The number of nitrogens with one attached hydrogen (secondary N) is 2. The van der Waals surface area contributed by atoms with Crippen LogP contribution in [0.2, 0.25) is 5.02 Å². The molecule has 43 heavy (non-hydrogen) atoms. The highest BCUT2D eigenvalue weighted by molar-refractivity contribution is 6.34. The summed E-state index contributed by atoms with van der Waals surface area (Å²) in [6.07, 6.45) is 1.36. The third-order valence-electron chi connectivity index (χ3n) is 7.58. The number of nitrogens with zero attached hydrogens (tertiary/aromatic N) is 1. The highest BCUT2D eigenvalue weighted by atomic mass is 35.5. The molecular formula is C34H50ClN3O5. The van der Waals surface area contributed by atoms with Crippen LogP contribution in [0.5, 0.6) is 5.75 Å². The molecule has 0 aliphatic heterocycles. The number of hydrogen-bond donors (Lipinski definition) is 3. The molecule has 0 heterocycles. The summed E-state index contributed by atoms with van der Waals surface area (Å²) >= 11 is 6.49. The topological polar surface area (TPSA) is 108 Å². The van der Waals surface area contributed by atoms with Crippen LogP contribution in [0.4, 0.5) is 10.5 Å². The molecule has 238 valence electrons. The van der Waals surface area contributed by atoms with Crippen LogP contribution in [0.15, 0.2) is 36.4 Å². The van der Waals surface area contributed by atoms with Crippen molar-refractivity contribution in [3.8, 4) is 5.75 Å². The van der Waals surface area contributed by atoms with Gasteiger partial charge in [-0.15, -0.1) is 0 Å². The Kier molecular flexibility index (Phi) is 12.9. The Morgan fingerprint density at radius 2 is 1.65 bits per heavy atom. The predicted molar refractivity (Wildman–Crippen MR) is 173 cm³/mol. The van der Waals surface area contributed by atoms with Crippen molar-refractivity contribution in [2.75, 3.05) is 5.32 Å². The first-order valence-corrected chi connectivity index (χ1v) is 15.5. The zero-order valence-corrected chi connectivity index (χ0v) is 28.1. The Morgan fingerprint density at radius 3 is 2.19 bits per heavy atom. The number of ether oxygens (including phenoxy) is 1. The molecule has 0 aliphatic carbocycles. The van der Waals surface area contributed by atoms with Crippen LogP contribution < -0.4 is 10.6 Å². The van der Waals surface area contributed by atoms with Crippen LogP contribution in [0, 0.1) is 25.7 Å². The summed E-state index contributed by atoms with van der Waals surface area (Å²) in [6.45, 7) is 18.9. The highest BCUT2D eigenvalue weighted by Crippen LogP contribution is 2.33. The van der Waals surface area contributed by atoms with E-state index >= 15 is 0 Å². The van der Waals surface area contributed by atoms with E-state index in [0.29, 0.717) is 40.6 Å². The van der Waals surface area contributed by atoms with Crippen molar-refractivity contribution in [3.05, 3.63) is 58.1 Å². The Labute approximate surface area is 262 Å². The molecular weight excluding hydrogens is 566 g/mol. The van der Waals surface area contributed by atoms with Crippen molar-refractivity contribution in [1.29, 1.82) is 0 Å². The van der Waals surface area contributed by atoms with Crippen molar-refractivity contribution < 1.29 is 24.2 Å². The van der Waals surface area contributed by atoms with E-state index < -0.39 is 35.6 Å². The number of halogens is 1. The number of carbonyl (C=O) groups is 3. The van der Waals surface area contributed by atoms with Gasteiger partial charge in [0.1, 0.15) is 23.4 Å². The molecule has 2 rings (SSSR count). The third kappa shape index (κ3) is 10.2. The fraction of sp³-hybridized carbons (Fsp3) is 0.559. The zero-order valence-electron chi connectivity index (χ0n) is 27.4. The first-order valence-electron chi connectivity index (χ1n) is 15.1. The number of aromatic hydroxyl groups is 1. The normalized spacial score (nSPS) is 14.4. The summed E-state index contributed by atoms with van der Waals surface area (Å²) in [5.41, 5.74) is 1.58. The Hall–Kier alpha value is -3.26. The molecule has 2 aromatic rings. The number of phenolic OH excluding ortho intramolecular Hbond substituents is 1. The van der Waals surface area contributed by atoms with Gasteiger partial charge in [0.2, 0.25) is 5.91 Å². The van der Waals surface area contributed by atoms with Crippen molar-refractivity contribution in [2.24, 2.45) is 11.8 Å². The smallest absolute Gasteiger partial charge is 0.408 e. The van der Waals surface area contributed by atoms with E-state index in [4.69, 9.17) is 16.3 Å². The minimum absolute atomic E-state index is 0.0830. The van der Waals surface area contributed by atoms with Gasteiger partial charge in [0.05, 0.1) is 10.7 Å². The van der Waals surface area contributed by atoms with E-state index in [0.717, 1.165) is 12.0 Å². The van der Waals surface area contributed by atoms with Gasteiger partial charge in [-0.05, 0) is 101 Å². The van der Waals surface area contributed by atoms with E-state index in [1.807, 2.05) is 33.8 Å². The maximum absolute atomic E-state index is 14.7. The lowest BCUT2D eigenvalue weighted by molar-refractivity contribution is -0.144. The molecule has 0 aromatic heterocycles. The van der Waals surface area contributed by atoms with Crippen LogP contribution in [-0.2, 0) is 14.3 Å². The van der Waals surface area contributed by atoms with Gasteiger partial charge in [-0.2, -0.15) is 0 Å². The second kappa shape index (κ2) is 15.5. The van der Waals surface area contributed by atoms with Gasteiger partial charge in [0.15, 0.2) is 0 Å². The zero-order chi connectivity index (χ0) is 32.6. The second-order valence-corrected chi connectivity index (χ2v) is 13.4. The molecule has 8 nitrogen and oxygen atoms in total. The molecule has 0 aliphatic rings. The molecule has 3 N–H and O–H groups in total. The minimum atomic E-state index is -1.09. The van der Waals surface area contributed by atoms with Gasteiger partial charge in [0, 0.05) is 6.04 Å². The molecule has 0 fully saturated rings. The first-order chi connectivity index (χ1) is 20.0. The number of anilines is 1. The summed E-state index contributed by atoms with van der Waals surface area (Å²) < 4.78 is 5.52. The van der Waals surface area contributed by atoms with Gasteiger partial charge < -0.3 is 25.4 Å². The standard InChI is InChI=1S/C34H50ClN3O5/c1-11-21(4)29(37-33(42)43-34(8,9)10)32(41)38(24(7)16-15-20(2)3)30(25-17-18-27(39)23(6)19-25)31(40)36-28-22(5)13-12-14-26(28)35/h12-14,17-21,24,29-30,39H,11,15-16H2,1-10H3,(H,36,40)(H,37,42). The summed E-state index contributed by atoms with van der Waals surface area (Å²) in [5.74, 6) is -0.640. The average molecular weight is 616 g/mol. The van der Waals surface area contributed by atoms with E-state index in [-0.39, 0.29) is 17.7 Å². The minimum Gasteiger partial charge on any atom is -0.508 e. The van der Waals surface area contributed by atoms with Gasteiger partial charge in [-0.3, -0.25) is 9.59 Å². The van der Waals surface area contributed by atoms with Crippen molar-refractivity contribution in [3.63, 3.8) is 0 Å². The molecule has 0 radical (unpaired) electrons. The molecule has 9 heteroatoms. The summed E-state index contributed by atoms with van der Waals surface area (Å²) in [4.78, 5) is 43.6. The third-order valence-corrected chi connectivity index (χ3v) is 7.89. The van der Waals surface area contributed by atoms with Crippen LogP contribution in [0.3, 0.4) is 0 Å². The van der Waals surface area contributed by atoms with E-state index in [9.17, 15) is 19.5 Å². The lowest BCUT2D eigenvalue weighted by Crippen LogP contribution is -2.57. The number of carbonyl (C=O) groups excluding carboxylic acids is 3. The number of benzene rings is 2. The Bertz CT molecular complexity index is 1250. The number of para-hydroxylation sites is 1. The maximum Gasteiger partial charge on any atom is 0.408 e. The average Bonchev–Trinajstić information content (AvgIpc) is 2.90. The summed E-state index contributed by atoms with van der Waals surface area (Å²) in [5, 5.41) is 16.5. The monoisotopic (exact) mass is 615 g/mol. The van der Waals surface area contributed by atoms with E-state index in [1.54, 1.807) is 56.9 Å². The van der Waals surface area contributed by atoms with E-state index in [2.05, 4.69) is 24.5 Å². The Morgan fingerprint density at radius 1 is 1.00 bits per heavy atom. The lowest BCUT2D eigenvalue weighted by Gasteiger charge is -2.40. The van der Waals surface area contributed by atoms with E-state index in [1.165, 1.54) is 6.07 Å². The van der Waals surface area contributed by atoms with Gasteiger partial charge in [-0.1, -0.05) is 63.9 Å². The molecule has 4 unspecified atom stereocenters. The first kappa shape index (κ1) is 35.9. The van der Waals surface area contributed by atoms with Crippen molar-refractivity contribution >= 4 is 35.2 Å². The summed E-state index contributed by atoms with van der Waals surface area (Å²) in [6, 6.07) is 7.83. The van der Waals surface area contributed by atoms with Crippen LogP contribution in [0.25, 0.3) is 0 Å². The number of phenols is 1. The molecule has 0 bridgehead atoms. The molecule has 4 atom stereocenters. The lowest BCUT2D eigenvalue weighted by atomic mass is 9.92. The maximum atomic E-state index is 14.7. The van der Waals surface area contributed by atoms with Crippen LogP contribution in [0.1, 0.15) is 97.4 Å². The predicted octanol–water partition coefficient (Wildman–Crippen LogP) is 7.93. The van der Waals surface area contributed by atoms with Crippen LogP contribution in [-0.4, -0.2) is 45.6 Å². The molecule has 0 saturated carbocycles. The molecule has 0 spiro atoms. The van der Waals surface area contributed by atoms with Crippen molar-refractivity contribution in [2.45, 2.75) is 112 Å². The number of amides is 3. The van der Waals surface area contributed by atoms with Crippen molar-refractivity contribution in [1.82, 2.24) is 10.2 Å². The summed E-state index contributed by atoms with van der Waals surface area (Å²) in [7, 11) is 0. The SMILES string of the molecule is CCC(C)C(NC(=O)OC(C)(C)C)C(=O)N(C(C)CCC(C)C)C(C(=O)Nc1c(C)cccc1Cl)c1ccc(O)c(C)c1. The quantitative estimate of drug-likeness (QED) is 0.225. The fourth-order valence-corrected chi connectivity index (χ4v) is 5.13. The van der Waals surface area contributed by atoms with Crippen LogP contribution >= 0.6 is 11.6 Å². The number of hydrogen-bond acceptors (Lipinski definition) is 5. The largest absolute Gasteiger partial charge is 0.508 e.